The van der Waals surface area contributed by atoms with E-state index < -0.39 is 5.60 Å². The van der Waals surface area contributed by atoms with Crippen LogP contribution in [-0.2, 0) is 14.3 Å². The molecule has 1 amide bonds. The van der Waals surface area contributed by atoms with Gasteiger partial charge < -0.3 is 24.8 Å². The molecule has 2 rings (SSSR count). The number of benzene rings is 1. The van der Waals surface area contributed by atoms with Crippen molar-refractivity contribution < 1.29 is 19.0 Å². The van der Waals surface area contributed by atoms with E-state index in [1.165, 1.54) is 0 Å². The molecular weight excluding hydrogens is 355 g/mol. The monoisotopic (exact) mass is 378 g/mol. The van der Waals surface area contributed by atoms with Crippen LogP contribution in [0, 0.1) is 0 Å². The van der Waals surface area contributed by atoms with Crippen LogP contribution in [-0.4, -0.2) is 52.0 Å². The maximum Gasteiger partial charge on any atom is 0.256 e. The molecule has 2 N–H and O–H groups in total. The van der Waals surface area contributed by atoms with Crippen molar-refractivity contribution in [2.75, 3.05) is 45.8 Å². The predicted molar refractivity (Wildman–Crippen MR) is 96.5 cm³/mol. The molecule has 1 fully saturated rings. The SMILES string of the molecule is COCCOc1ccc(NC(=O)C2(OC)CCNCC2)cc1Cl.Cl. The van der Waals surface area contributed by atoms with Crippen LogP contribution in [0.4, 0.5) is 5.69 Å². The number of carbonyl (C=O) groups is 1. The van der Waals surface area contributed by atoms with Crippen LogP contribution in [0.5, 0.6) is 5.75 Å². The fourth-order valence-electron chi connectivity index (χ4n) is 2.53. The van der Waals surface area contributed by atoms with Crippen LogP contribution >= 0.6 is 24.0 Å². The van der Waals surface area contributed by atoms with Crippen molar-refractivity contribution in [3.63, 3.8) is 0 Å². The van der Waals surface area contributed by atoms with Crippen LogP contribution in [0.1, 0.15) is 12.8 Å². The average molecular weight is 379 g/mol. The van der Waals surface area contributed by atoms with Gasteiger partial charge in [-0.3, -0.25) is 4.79 Å². The molecule has 1 aromatic rings. The minimum Gasteiger partial charge on any atom is -0.490 e. The lowest BCUT2D eigenvalue weighted by molar-refractivity contribution is -0.140. The van der Waals surface area contributed by atoms with Crippen LogP contribution < -0.4 is 15.4 Å². The number of anilines is 1. The Morgan fingerprint density at radius 2 is 2.00 bits per heavy atom. The second kappa shape index (κ2) is 10.1. The van der Waals surface area contributed by atoms with Crippen molar-refractivity contribution in [2.45, 2.75) is 18.4 Å². The van der Waals surface area contributed by atoms with E-state index >= 15 is 0 Å². The van der Waals surface area contributed by atoms with Crippen LogP contribution in [0.3, 0.4) is 0 Å². The van der Waals surface area contributed by atoms with E-state index in [1.807, 2.05) is 0 Å². The van der Waals surface area contributed by atoms with Gasteiger partial charge in [-0.2, -0.15) is 0 Å². The highest BCUT2D eigenvalue weighted by Gasteiger charge is 2.39. The predicted octanol–water partition coefficient (Wildman–Crippen LogP) is 2.49. The number of hydrogen-bond acceptors (Lipinski definition) is 5. The molecule has 0 aliphatic carbocycles. The summed E-state index contributed by atoms with van der Waals surface area (Å²) in [6, 6.07) is 5.16. The molecular formula is C16H24Cl2N2O4. The standard InChI is InChI=1S/C16H23ClN2O4.ClH/c1-21-9-10-23-14-4-3-12(11-13(14)17)19-15(20)16(22-2)5-7-18-8-6-16;/h3-4,11,18H,5-10H2,1-2H3,(H,19,20);1H. The van der Waals surface area contributed by atoms with E-state index in [0.717, 1.165) is 13.1 Å². The summed E-state index contributed by atoms with van der Waals surface area (Å²) in [7, 11) is 3.18. The van der Waals surface area contributed by atoms with Gasteiger partial charge in [-0.05, 0) is 44.1 Å². The van der Waals surface area contributed by atoms with Crippen LogP contribution in [0.25, 0.3) is 0 Å². The molecule has 24 heavy (non-hydrogen) atoms. The third kappa shape index (κ3) is 5.22. The molecule has 8 heteroatoms. The number of carbonyl (C=O) groups excluding carboxylic acids is 1. The molecule has 136 valence electrons. The molecule has 1 aliphatic heterocycles. The van der Waals surface area contributed by atoms with E-state index in [9.17, 15) is 4.79 Å². The third-order valence-corrected chi connectivity index (χ3v) is 4.25. The summed E-state index contributed by atoms with van der Waals surface area (Å²) in [6.07, 6.45) is 1.28. The Kier molecular flexibility index (Phi) is 8.80. The van der Waals surface area contributed by atoms with E-state index in [1.54, 1.807) is 32.4 Å². The Labute approximate surface area is 153 Å². The molecule has 0 radical (unpaired) electrons. The van der Waals surface area contributed by atoms with Crippen molar-refractivity contribution in [1.29, 1.82) is 0 Å². The molecule has 0 spiro atoms. The van der Waals surface area contributed by atoms with Crippen molar-refractivity contribution in [1.82, 2.24) is 5.32 Å². The lowest BCUT2D eigenvalue weighted by Gasteiger charge is -2.34. The first-order chi connectivity index (χ1) is 11.1. The first kappa shape index (κ1) is 21.0. The maximum absolute atomic E-state index is 12.6. The zero-order chi connectivity index (χ0) is 16.7. The molecule has 0 atom stereocenters. The number of piperidine rings is 1. The average Bonchev–Trinajstić information content (AvgIpc) is 2.57. The fourth-order valence-corrected chi connectivity index (χ4v) is 2.77. The maximum atomic E-state index is 12.6. The van der Waals surface area contributed by atoms with Gasteiger partial charge in [0.05, 0.1) is 11.6 Å². The Hall–Kier alpha value is -1.05. The number of ether oxygens (including phenoxy) is 3. The Morgan fingerprint density at radius 1 is 1.29 bits per heavy atom. The summed E-state index contributed by atoms with van der Waals surface area (Å²) in [5.74, 6) is 0.413. The number of methoxy groups -OCH3 is 2. The first-order valence-electron chi connectivity index (χ1n) is 7.60. The van der Waals surface area contributed by atoms with Crippen molar-refractivity contribution >= 4 is 35.6 Å². The number of hydrogen-bond donors (Lipinski definition) is 2. The minimum absolute atomic E-state index is 0. The number of rotatable bonds is 7. The zero-order valence-electron chi connectivity index (χ0n) is 13.9. The van der Waals surface area contributed by atoms with E-state index in [0.29, 0.717) is 42.5 Å². The van der Waals surface area contributed by atoms with E-state index in [-0.39, 0.29) is 18.3 Å². The highest BCUT2D eigenvalue weighted by molar-refractivity contribution is 6.32. The second-order valence-corrected chi connectivity index (χ2v) is 5.80. The zero-order valence-corrected chi connectivity index (χ0v) is 15.5. The second-order valence-electron chi connectivity index (χ2n) is 5.39. The Morgan fingerprint density at radius 3 is 2.58 bits per heavy atom. The summed E-state index contributed by atoms with van der Waals surface area (Å²) >= 11 is 6.19. The highest BCUT2D eigenvalue weighted by Crippen LogP contribution is 2.29. The van der Waals surface area contributed by atoms with Crippen molar-refractivity contribution in [3.05, 3.63) is 23.2 Å². The lowest BCUT2D eigenvalue weighted by Crippen LogP contribution is -2.51. The van der Waals surface area contributed by atoms with Gasteiger partial charge in [0.25, 0.3) is 5.91 Å². The summed E-state index contributed by atoms with van der Waals surface area (Å²) < 4.78 is 15.9. The molecule has 0 aromatic heterocycles. The van der Waals surface area contributed by atoms with Gasteiger partial charge in [-0.15, -0.1) is 12.4 Å². The topological polar surface area (TPSA) is 68.8 Å². The molecule has 1 aromatic carbocycles. The summed E-state index contributed by atoms with van der Waals surface area (Å²) in [5, 5.41) is 6.55. The van der Waals surface area contributed by atoms with Gasteiger partial charge in [-0.1, -0.05) is 11.6 Å². The summed E-state index contributed by atoms with van der Waals surface area (Å²) in [5.41, 5.74) is -0.167. The first-order valence-corrected chi connectivity index (χ1v) is 7.98. The molecule has 6 nitrogen and oxygen atoms in total. The minimum atomic E-state index is -0.786. The molecule has 0 bridgehead atoms. The number of nitrogens with one attached hydrogen (secondary N) is 2. The van der Waals surface area contributed by atoms with Gasteiger partial charge in [-0.25, -0.2) is 0 Å². The molecule has 1 saturated heterocycles. The summed E-state index contributed by atoms with van der Waals surface area (Å²) in [4.78, 5) is 12.6. The number of halogens is 2. The largest absolute Gasteiger partial charge is 0.490 e. The molecule has 1 aliphatic rings. The van der Waals surface area contributed by atoms with Gasteiger partial charge in [0.2, 0.25) is 0 Å². The quantitative estimate of drug-likeness (QED) is 0.713. The Bertz CT molecular complexity index is 537. The third-order valence-electron chi connectivity index (χ3n) is 3.95. The van der Waals surface area contributed by atoms with Gasteiger partial charge >= 0.3 is 0 Å². The summed E-state index contributed by atoms with van der Waals surface area (Å²) in [6.45, 7) is 2.42. The van der Waals surface area contributed by atoms with Crippen LogP contribution in [0.2, 0.25) is 5.02 Å². The van der Waals surface area contributed by atoms with Gasteiger partial charge in [0.15, 0.2) is 0 Å². The fraction of sp³-hybridized carbons (Fsp3) is 0.562. The molecule has 1 heterocycles. The highest BCUT2D eigenvalue weighted by atomic mass is 35.5. The van der Waals surface area contributed by atoms with Crippen molar-refractivity contribution in [2.24, 2.45) is 0 Å². The van der Waals surface area contributed by atoms with Crippen molar-refractivity contribution in [3.8, 4) is 5.75 Å². The van der Waals surface area contributed by atoms with Crippen LogP contribution in [0.15, 0.2) is 18.2 Å². The lowest BCUT2D eigenvalue weighted by atomic mass is 9.91. The normalized spacial score (nSPS) is 16.1. The molecule has 0 unspecified atom stereocenters. The number of amides is 1. The smallest absolute Gasteiger partial charge is 0.256 e. The van der Waals surface area contributed by atoms with Gasteiger partial charge in [0.1, 0.15) is 18.0 Å². The Balaban J connectivity index is 0.00000288. The molecule has 0 saturated carbocycles. The van der Waals surface area contributed by atoms with E-state index in [4.69, 9.17) is 25.8 Å². The van der Waals surface area contributed by atoms with Gasteiger partial charge in [0, 0.05) is 19.9 Å². The van der Waals surface area contributed by atoms with E-state index in [2.05, 4.69) is 10.6 Å².